The van der Waals surface area contributed by atoms with Crippen molar-refractivity contribution in [1.82, 2.24) is 20.0 Å². The summed E-state index contributed by atoms with van der Waals surface area (Å²) in [5, 5.41) is 8.15. The lowest BCUT2D eigenvalue weighted by atomic mass is 9.67. The van der Waals surface area contributed by atoms with Crippen LogP contribution in [0, 0.1) is 5.41 Å². The van der Waals surface area contributed by atoms with Crippen molar-refractivity contribution < 1.29 is 17.9 Å². The lowest BCUT2D eigenvalue weighted by Gasteiger charge is -2.40. The summed E-state index contributed by atoms with van der Waals surface area (Å²) in [6.07, 6.45) is 2.72. The fourth-order valence-corrected chi connectivity index (χ4v) is 5.14. The second-order valence-electron chi connectivity index (χ2n) is 9.21. The first kappa shape index (κ1) is 23.5. The molecule has 8 heteroatoms. The second kappa shape index (κ2) is 10.0. The Kier molecular flexibility index (Phi) is 7.85. The predicted molar refractivity (Wildman–Crippen MR) is 112 cm³/mol. The van der Waals surface area contributed by atoms with Crippen LogP contribution in [0.5, 0.6) is 0 Å². The molecule has 0 unspecified atom stereocenters. The van der Waals surface area contributed by atoms with Gasteiger partial charge in [-0.2, -0.15) is 18.3 Å². The van der Waals surface area contributed by atoms with Gasteiger partial charge in [0.25, 0.3) is 0 Å². The van der Waals surface area contributed by atoms with Crippen molar-refractivity contribution in [3.05, 3.63) is 17.0 Å². The Hall–Kier alpha value is -1.12. The van der Waals surface area contributed by atoms with E-state index in [-0.39, 0.29) is 12.0 Å². The van der Waals surface area contributed by atoms with E-state index >= 15 is 0 Å². The van der Waals surface area contributed by atoms with E-state index in [2.05, 4.69) is 28.9 Å². The molecule has 2 aliphatic rings. The normalized spacial score (nSPS) is 24.6. The molecule has 1 aromatic rings. The molecule has 1 aliphatic carbocycles. The van der Waals surface area contributed by atoms with Gasteiger partial charge in [-0.05, 0) is 70.4 Å². The van der Waals surface area contributed by atoms with Gasteiger partial charge < -0.3 is 10.1 Å². The highest BCUT2D eigenvalue weighted by atomic mass is 19.4. The Balaban J connectivity index is 1.67. The SMILES string of the molecule is CC[C@]1(COCC(F)(F)F)CC[C@@H](c2c(CN(C)CCNC)nn3c2CCC3)CC1. The minimum absolute atomic E-state index is 0.123. The fourth-order valence-electron chi connectivity index (χ4n) is 5.14. The summed E-state index contributed by atoms with van der Waals surface area (Å²) in [5.74, 6) is 0.460. The van der Waals surface area contributed by atoms with Crippen LogP contribution in [0.25, 0.3) is 0 Å². The number of fused-ring (bicyclic) bond motifs is 1. The molecule has 1 N–H and O–H groups in total. The van der Waals surface area contributed by atoms with E-state index in [1.807, 2.05) is 7.05 Å². The number of rotatable bonds is 10. The van der Waals surface area contributed by atoms with Crippen LogP contribution in [-0.2, 0) is 24.2 Å². The third kappa shape index (κ3) is 5.77. The van der Waals surface area contributed by atoms with E-state index < -0.39 is 12.8 Å². The van der Waals surface area contributed by atoms with E-state index in [0.717, 1.165) is 71.1 Å². The van der Waals surface area contributed by atoms with Crippen molar-refractivity contribution in [2.24, 2.45) is 5.41 Å². The third-order valence-electron chi connectivity index (χ3n) is 7.00. The molecule has 0 atom stereocenters. The number of nitrogens with one attached hydrogen (secondary N) is 1. The monoisotopic (exact) mass is 430 g/mol. The van der Waals surface area contributed by atoms with Crippen molar-refractivity contribution in [3.63, 3.8) is 0 Å². The van der Waals surface area contributed by atoms with E-state index in [1.54, 1.807) is 0 Å². The molecule has 5 nitrogen and oxygen atoms in total. The van der Waals surface area contributed by atoms with Crippen LogP contribution in [0.2, 0.25) is 0 Å². The lowest BCUT2D eigenvalue weighted by molar-refractivity contribution is -0.182. The first-order valence-electron chi connectivity index (χ1n) is 11.3. The standard InChI is InChI=1S/C22H37F3N4O/c1-4-21(15-30-16-22(23,24)25)9-7-17(8-10-21)20-18(14-28(3)13-11-26-2)27-29-12-5-6-19(20)29/h17,26H,4-16H2,1-3H3/t17-,21+. The Morgan fingerprint density at radius 1 is 1.30 bits per heavy atom. The number of hydrogen-bond acceptors (Lipinski definition) is 4. The highest BCUT2D eigenvalue weighted by Gasteiger charge is 2.38. The molecule has 30 heavy (non-hydrogen) atoms. The third-order valence-corrected chi connectivity index (χ3v) is 7.00. The number of nitrogens with zero attached hydrogens (tertiary/aromatic N) is 3. The summed E-state index contributed by atoms with van der Waals surface area (Å²) in [5.41, 5.74) is 3.91. The molecule has 2 heterocycles. The molecule has 0 bridgehead atoms. The maximum absolute atomic E-state index is 12.5. The van der Waals surface area contributed by atoms with Gasteiger partial charge in [0.15, 0.2) is 0 Å². The summed E-state index contributed by atoms with van der Waals surface area (Å²) in [6, 6.07) is 0. The highest BCUT2D eigenvalue weighted by Crippen LogP contribution is 2.47. The quantitative estimate of drug-likeness (QED) is 0.607. The van der Waals surface area contributed by atoms with Crippen molar-refractivity contribution >= 4 is 0 Å². The van der Waals surface area contributed by atoms with Crippen LogP contribution < -0.4 is 5.32 Å². The molecule has 1 fully saturated rings. The minimum atomic E-state index is -4.25. The van der Waals surface area contributed by atoms with Crippen LogP contribution in [0.4, 0.5) is 13.2 Å². The number of hydrogen-bond donors (Lipinski definition) is 1. The Morgan fingerprint density at radius 2 is 2.03 bits per heavy atom. The van der Waals surface area contributed by atoms with Gasteiger partial charge in [0.2, 0.25) is 0 Å². The summed E-state index contributed by atoms with van der Waals surface area (Å²) in [4.78, 5) is 2.31. The molecule has 0 aromatic carbocycles. The van der Waals surface area contributed by atoms with Crippen molar-refractivity contribution in [3.8, 4) is 0 Å². The van der Waals surface area contributed by atoms with Crippen LogP contribution in [0.3, 0.4) is 0 Å². The van der Waals surface area contributed by atoms with Crippen LogP contribution in [0.1, 0.15) is 68.3 Å². The molecule has 0 radical (unpaired) electrons. The largest absolute Gasteiger partial charge is 0.411 e. The topological polar surface area (TPSA) is 42.3 Å². The zero-order chi connectivity index (χ0) is 21.8. The van der Waals surface area contributed by atoms with Gasteiger partial charge in [0.1, 0.15) is 6.61 Å². The Bertz CT molecular complexity index is 681. The van der Waals surface area contributed by atoms with E-state index in [9.17, 15) is 13.2 Å². The zero-order valence-corrected chi connectivity index (χ0v) is 18.7. The smallest absolute Gasteiger partial charge is 0.371 e. The first-order chi connectivity index (χ1) is 14.3. The highest BCUT2D eigenvalue weighted by molar-refractivity contribution is 5.33. The average Bonchev–Trinajstić information content (AvgIpc) is 3.27. The molecule has 3 rings (SSSR count). The zero-order valence-electron chi connectivity index (χ0n) is 18.7. The summed E-state index contributed by atoms with van der Waals surface area (Å²) in [6.45, 7) is 4.91. The Morgan fingerprint density at radius 3 is 2.67 bits per heavy atom. The lowest BCUT2D eigenvalue weighted by Crippen LogP contribution is -2.33. The molecule has 0 saturated heterocycles. The van der Waals surface area contributed by atoms with E-state index in [1.165, 1.54) is 17.0 Å². The van der Waals surface area contributed by atoms with Crippen LogP contribution in [0.15, 0.2) is 0 Å². The number of alkyl halides is 3. The maximum atomic E-state index is 12.5. The molecule has 1 saturated carbocycles. The number of ether oxygens (including phenoxy) is 1. The molecular weight excluding hydrogens is 393 g/mol. The fraction of sp³-hybridized carbons (Fsp3) is 0.864. The second-order valence-corrected chi connectivity index (χ2v) is 9.21. The molecule has 1 aromatic heterocycles. The van der Waals surface area contributed by atoms with Gasteiger partial charge in [0, 0.05) is 37.4 Å². The summed E-state index contributed by atoms with van der Waals surface area (Å²) < 4.78 is 44.8. The maximum Gasteiger partial charge on any atom is 0.411 e. The predicted octanol–water partition coefficient (Wildman–Crippen LogP) is 4.11. The van der Waals surface area contributed by atoms with Gasteiger partial charge in [-0.15, -0.1) is 0 Å². The van der Waals surface area contributed by atoms with Crippen molar-refractivity contribution in [1.29, 1.82) is 0 Å². The van der Waals surface area contributed by atoms with E-state index in [4.69, 9.17) is 9.84 Å². The van der Waals surface area contributed by atoms with Crippen LogP contribution in [-0.4, -0.2) is 61.3 Å². The van der Waals surface area contributed by atoms with Crippen molar-refractivity contribution in [2.45, 2.75) is 77.1 Å². The van der Waals surface area contributed by atoms with Gasteiger partial charge >= 0.3 is 6.18 Å². The molecule has 0 amide bonds. The molecule has 0 spiro atoms. The average molecular weight is 431 g/mol. The first-order valence-corrected chi connectivity index (χ1v) is 11.3. The van der Waals surface area contributed by atoms with Crippen LogP contribution >= 0.6 is 0 Å². The number of aryl methyl sites for hydroxylation is 1. The molecule has 1 aliphatic heterocycles. The van der Waals surface area contributed by atoms with Gasteiger partial charge in [-0.1, -0.05) is 6.92 Å². The Labute approximate surface area is 178 Å². The van der Waals surface area contributed by atoms with Crippen molar-refractivity contribution in [2.75, 3.05) is 40.4 Å². The van der Waals surface area contributed by atoms with Gasteiger partial charge in [0.05, 0.1) is 12.3 Å². The van der Waals surface area contributed by atoms with Gasteiger partial charge in [-0.25, -0.2) is 0 Å². The van der Waals surface area contributed by atoms with E-state index in [0.29, 0.717) is 5.92 Å². The minimum Gasteiger partial charge on any atom is -0.371 e. The molecule has 172 valence electrons. The molecular formula is C22H37F3N4O. The summed E-state index contributed by atoms with van der Waals surface area (Å²) in [7, 11) is 4.09. The number of aromatic nitrogens is 2. The number of halogens is 3. The summed E-state index contributed by atoms with van der Waals surface area (Å²) >= 11 is 0. The number of likely N-dealkylation sites (N-methyl/N-ethyl adjacent to an activating group) is 2. The van der Waals surface area contributed by atoms with Gasteiger partial charge in [-0.3, -0.25) is 9.58 Å².